The van der Waals surface area contributed by atoms with E-state index in [1.807, 2.05) is 13.2 Å². The zero-order valence-electron chi connectivity index (χ0n) is 16.9. The molecule has 28 heavy (non-hydrogen) atoms. The predicted molar refractivity (Wildman–Crippen MR) is 111 cm³/mol. The number of halogens is 1. The standard InChI is InChI=1S/C23H31NO3.ClH/c1-15-10-19(26)13-22-8-9-24(14-16-4-3-5-16)21(23(15,22)27-2)11-17-6-7-18(25)12-20(17)22;/h6-7,12,15-16,21,25H,3-5,8-11,13-14H2,1-2H3;1H/t15-,21+,22+,23?;/m0./s1. The van der Waals surface area contributed by atoms with Crippen molar-refractivity contribution in [1.29, 1.82) is 0 Å². The van der Waals surface area contributed by atoms with Crippen molar-refractivity contribution < 1.29 is 14.6 Å². The van der Waals surface area contributed by atoms with Crippen LogP contribution in [0.1, 0.15) is 56.6 Å². The minimum atomic E-state index is -0.344. The number of ketones is 1. The number of carbonyl (C=O) groups is 1. The minimum Gasteiger partial charge on any atom is -0.508 e. The number of carbonyl (C=O) groups excluding carboxylic acids is 1. The van der Waals surface area contributed by atoms with Crippen molar-refractivity contribution in [3.8, 4) is 5.75 Å². The molecule has 0 amide bonds. The highest BCUT2D eigenvalue weighted by Gasteiger charge is 2.68. The lowest BCUT2D eigenvalue weighted by Gasteiger charge is -2.67. The van der Waals surface area contributed by atoms with Gasteiger partial charge in [0.1, 0.15) is 11.5 Å². The topological polar surface area (TPSA) is 49.8 Å². The Morgan fingerprint density at radius 2 is 2.07 bits per heavy atom. The SMILES string of the molecule is COC12[C@@H](C)CC(=O)C[C@@]13CCN(CC1CCC1)[C@@H]2Cc1ccc(O)cc13.Cl. The number of phenolic OH excluding ortho intramolecular Hbond substituents is 1. The van der Waals surface area contributed by atoms with E-state index >= 15 is 0 Å². The van der Waals surface area contributed by atoms with Crippen LogP contribution in [0.4, 0.5) is 0 Å². The van der Waals surface area contributed by atoms with Crippen LogP contribution < -0.4 is 0 Å². The lowest BCUT2D eigenvalue weighted by molar-refractivity contribution is -0.211. The summed E-state index contributed by atoms with van der Waals surface area (Å²) in [7, 11) is 1.86. The first-order chi connectivity index (χ1) is 13.0. The zero-order chi connectivity index (χ0) is 18.8. The second-order valence-corrected chi connectivity index (χ2v) is 9.50. The van der Waals surface area contributed by atoms with Gasteiger partial charge in [-0.2, -0.15) is 0 Å². The molecule has 1 aromatic rings. The Hall–Kier alpha value is -1.10. The molecule has 4 aliphatic rings. The van der Waals surface area contributed by atoms with Gasteiger partial charge < -0.3 is 9.84 Å². The molecule has 0 spiro atoms. The second-order valence-electron chi connectivity index (χ2n) is 9.50. The van der Waals surface area contributed by atoms with E-state index < -0.39 is 0 Å². The van der Waals surface area contributed by atoms with Crippen LogP contribution >= 0.6 is 12.4 Å². The number of methoxy groups -OCH3 is 1. The number of Topliss-reactive ketones (excluding diaryl/α,β-unsaturated/α-hetero) is 1. The van der Waals surface area contributed by atoms with E-state index in [2.05, 4.69) is 17.9 Å². The molecule has 3 fully saturated rings. The zero-order valence-corrected chi connectivity index (χ0v) is 17.8. The molecule has 1 aliphatic heterocycles. The molecule has 3 aliphatic carbocycles. The van der Waals surface area contributed by atoms with Gasteiger partial charge in [0.15, 0.2) is 0 Å². The highest BCUT2D eigenvalue weighted by atomic mass is 35.5. The summed E-state index contributed by atoms with van der Waals surface area (Å²) in [6.07, 6.45) is 7.13. The summed E-state index contributed by atoms with van der Waals surface area (Å²) in [4.78, 5) is 15.4. The molecule has 4 atom stereocenters. The quantitative estimate of drug-likeness (QED) is 0.829. The number of fused-ring (bicyclic) bond motifs is 1. The molecule has 1 N–H and O–H groups in total. The summed E-state index contributed by atoms with van der Waals surface area (Å²) < 4.78 is 6.49. The van der Waals surface area contributed by atoms with Crippen LogP contribution in [0.25, 0.3) is 0 Å². The number of benzene rings is 1. The average molecular weight is 406 g/mol. The summed E-state index contributed by atoms with van der Waals surface area (Å²) in [5.41, 5.74) is 1.82. The van der Waals surface area contributed by atoms with Crippen molar-refractivity contribution in [1.82, 2.24) is 4.90 Å². The molecule has 0 radical (unpaired) electrons. The number of hydrogen-bond acceptors (Lipinski definition) is 4. The molecule has 2 saturated carbocycles. The first kappa shape index (κ1) is 20.2. The Labute approximate surface area is 174 Å². The molecule has 4 nitrogen and oxygen atoms in total. The average Bonchev–Trinajstić information content (AvgIpc) is 2.59. The van der Waals surface area contributed by atoms with Crippen molar-refractivity contribution in [3.05, 3.63) is 29.3 Å². The van der Waals surface area contributed by atoms with Gasteiger partial charge in [0.2, 0.25) is 0 Å². The first-order valence-corrected chi connectivity index (χ1v) is 10.6. The van der Waals surface area contributed by atoms with Crippen LogP contribution in [-0.4, -0.2) is 47.6 Å². The van der Waals surface area contributed by atoms with Crippen molar-refractivity contribution >= 4 is 18.2 Å². The van der Waals surface area contributed by atoms with Crippen LogP contribution in [0, 0.1) is 11.8 Å². The first-order valence-electron chi connectivity index (χ1n) is 10.6. The molecule has 5 heteroatoms. The van der Waals surface area contributed by atoms with Gasteiger partial charge in [0, 0.05) is 38.0 Å². The Kier molecular flexibility index (Phi) is 5.05. The molecular weight excluding hydrogens is 374 g/mol. The van der Waals surface area contributed by atoms with Gasteiger partial charge in [-0.15, -0.1) is 12.4 Å². The molecule has 5 rings (SSSR count). The largest absolute Gasteiger partial charge is 0.508 e. The maximum atomic E-state index is 12.8. The van der Waals surface area contributed by atoms with Crippen LogP contribution in [0.5, 0.6) is 5.75 Å². The number of ether oxygens (including phenoxy) is 1. The molecule has 0 aromatic heterocycles. The fourth-order valence-electron chi connectivity index (χ4n) is 7.08. The molecular formula is C23H32ClNO3. The van der Waals surface area contributed by atoms with Gasteiger partial charge in [0.25, 0.3) is 0 Å². The Bertz CT molecular complexity index is 779. The van der Waals surface area contributed by atoms with Crippen molar-refractivity contribution in [2.24, 2.45) is 11.8 Å². The Morgan fingerprint density at radius 1 is 1.29 bits per heavy atom. The van der Waals surface area contributed by atoms with Crippen molar-refractivity contribution in [3.63, 3.8) is 0 Å². The highest BCUT2D eigenvalue weighted by molar-refractivity contribution is 5.85. The summed E-state index contributed by atoms with van der Waals surface area (Å²) in [5.74, 6) is 1.66. The van der Waals surface area contributed by atoms with E-state index in [1.54, 1.807) is 6.07 Å². The summed E-state index contributed by atoms with van der Waals surface area (Å²) in [5, 5.41) is 10.2. The number of aromatic hydroxyl groups is 1. The third kappa shape index (κ3) is 2.54. The van der Waals surface area contributed by atoms with Gasteiger partial charge in [-0.05, 0) is 67.3 Å². The number of rotatable bonds is 3. The molecule has 2 bridgehead atoms. The molecule has 1 saturated heterocycles. The lowest BCUT2D eigenvalue weighted by atomic mass is 9.46. The smallest absolute Gasteiger partial charge is 0.134 e. The maximum Gasteiger partial charge on any atom is 0.134 e. The summed E-state index contributed by atoms with van der Waals surface area (Å²) >= 11 is 0. The minimum absolute atomic E-state index is 0. The van der Waals surface area contributed by atoms with Crippen LogP contribution in [-0.2, 0) is 21.4 Å². The van der Waals surface area contributed by atoms with Gasteiger partial charge in [-0.25, -0.2) is 0 Å². The number of nitrogens with zero attached hydrogens (tertiary/aromatic N) is 1. The number of phenols is 1. The van der Waals surface area contributed by atoms with E-state index in [0.717, 1.165) is 25.3 Å². The van der Waals surface area contributed by atoms with Crippen molar-refractivity contribution in [2.45, 2.75) is 68.9 Å². The Morgan fingerprint density at radius 3 is 2.75 bits per heavy atom. The Balaban J connectivity index is 0.00000192. The number of hydrogen-bond donors (Lipinski definition) is 1. The molecule has 1 aromatic carbocycles. The van der Waals surface area contributed by atoms with Gasteiger partial charge in [-0.3, -0.25) is 9.69 Å². The normalized spacial score (nSPS) is 37.4. The monoisotopic (exact) mass is 405 g/mol. The van der Waals surface area contributed by atoms with E-state index in [1.165, 1.54) is 36.9 Å². The van der Waals surface area contributed by atoms with Gasteiger partial charge in [-0.1, -0.05) is 19.4 Å². The molecule has 1 heterocycles. The second kappa shape index (κ2) is 7.00. The maximum absolute atomic E-state index is 12.8. The molecule has 1 unspecified atom stereocenters. The third-order valence-corrected chi connectivity index (χ3v) is 8.35. The fourth-order valence-corrected chi connectivity index (χ4v) is 7.08. The third-order valence-electron chi connectivity index (χ3n) is 8.35. The van der Waals surface area contributed by atoms with E-state index in [9.17, 15) is 9.90 Å². The van der Waals surface area contributed by atoms with E-state index in [4.69, 9.17) is 4.74 Å². The highest BCUT2D eigenvalue weighted by Crippen LogP contribution is 2.61. The van der Waals surface area contributed by atoms with Crippen LogP contribution in [0.3, 0.4) is 0 Å². The number of likely N-dealkylation sites (tertiary alicyclic amines) is 1. The van der Waals surface area contributed by atoms with E-state index in [-0.39, 0.29) is 29.3 Å². The summed E-state index contributed by atoms with van der Waals surface area (Å²) in [6, 6.07) is 6.12. The van der Waals surface area contributed by atoms with Crippen LogP contribution in [0.2, 0.25) is 0 Å². The van der Waals surface area contributed by atoms with Gasteiger partial charge >= 0.3 is 0 Å². The summed E-state index contributed by atoms with van der Waals surface area (Å²) in [6.45, 7) is 4.41. The van der Waals surface area contributed by atoms with Crippen molar-refractivity contribution in [2.75, 3.05) is 20.2 Å². The molecule has 154 valence electrons. The number of piperidine rings is 1. The fraction of sp³-hybridized carbons (Fsp3) is 0.696. The van der Waals surface area contributed by atoms with E-state index in [0.29, 0.717) is 30.4 Å². The predicted octanol–water partition coefficient (Wildman–Crippen LogP) is 3.87. The van der Waals surface area contributed by atoms with Gasteiger partial charge in [0.05, 0.1) is 5.60 Å². The van der Waals surface area contributed by atoms with Crippen LogP contribution in [0.15, 0.2) is 18.2 Å². The lowest BCUT2D eigenvalue weighted by Crippen LogP contribution is -2.76.